The number of benzene rings is 1. The molecule has 0 heterocycles. The Bertz CT molecular complexity index is 347. The lowest BCUT2D eigenvalue weighted by molar-refractivity contribution is 0.301. The molecule has 1 rings (SSSR count). The number of nitrogens with zero attached hydrogens (tertiary/aromatic N) is 2. The Hall–Kier alpha value is -1.73. The predicted molar refractivity (Wildman–Crippen MR) is 57.6 cm³/mol. The minimum absolute atomic E-state index is 0.000235. The molecule has 80 valence electrons. The largest absolute Gasteiger partial charge is 0.506 e. The molecule has 1 aromatic carbocycles. The highest BCUT2D eigenvalue weighted by Crippen LogP contribution is 2.26. The van der Waals surface area contributed by atoms with Crippen LogP contribution in [0.5, 0.6) is 5.75 Å². The van der Waals surface area contributed by atoms with Gasteiger partial charge < -0.3 is 15.1 Å². The van der Waals surface area contributed by atoms with Crippen molar-refractivity contribution in [3.05, 3.63) is 24.3 Å². The minimum atomic E-state index is -0.000235. The second-order valence-electron chi connectivity index (χ2n) is 3.11. The van der Waals surface area contributed by atoms with Gasteiger partial charge in [0.25, 0.3) is 0 Å². The van der Waals surface area contributed by atoms with E-state index in [1.54, 1.807) is 23.1 Å². The van der Waals surface area contributed by atoms with E-state index in [-0.39, 0.29) is 12.4 Å². The summed E-state index contributed by atoms with van der Waals surface area (Å²) in [6.45, 7) is 0.924. The lowest BCUT2D eigenvalue weighted by atomic mass is 10.2. The molecule has 0 fully saturated rings. The van der Waals surface area contributed by atoms with Crippen LogP contribution in [0.3, 0.4) is 0 Å². The molecule has 0 saturated heterocycles. The molecule has 2 N–H and O–H groups in total. The lowest BCUT2D eigenvalue weighted by Crippen LogP contribution is -2.27. The van der Waals surface area contributed by atoms with Crippen LogP contribution in [0, 0.1) is 11.3 Å². The molecule has 4 nitrogen and oxygen atoms in total. The third-order valence-corrected chi connectivity index (χ3v) is 2.09. The summed E-state index contributed by atoms with van der Waals surface area (Å²) in [6, 6.07) is 8.94. The standard InChI is InChI=1S/C11H14N2O2/c12-6-3-7-13(8-9-14)10-4-1-2-5-11(10)15/h1-2,4-5,14-15H,3,7-9H2. The van der Waals surface area contributed by atoms with Crippen molar-refractivity contribution in [2.24, 2.45) is 0 Å². The molecule has 0 saturated carbocycles. The number of aliphatic hydroxyl groups is 1. The van der Waals surface area contributed by atoms with Crippen LogP contribution in [0.25, 0.3) is 0 Å². The molecule has 0 bridgehead atoms. The number of rotatable bonds is 5. The Labute approximate surface area is 89.0 Å². The second kappa shape index (κ2) is 5.89. The van der Waals surface area contributed by atoms with Crippen molar-refractivity contribution in [1.82, 2.24) is 0 Å². The number of hydrogen-bond donors (Lipinski definition) is 2. The molecular weight excluding hydrogens is 192 g/mol. The van der Waals surface area contributed by atoms with Crippen LogP contribution in [0.4, 0.5) is 5.69 Å². The van der Waals surface area contributed by atoms with E-state index < -0.39 is 0 Å². The monoisotopic (exact) mass is 206 g/mol. The number of anilines is 1. The molecule has 0 spiro atoms. The Balaban J connectivity index is 2.79. The first-order valence-corrected chi connectivity index (χ1v) is 4.80. The fourth-order valence-electron chi connectivity index (χ4n) is 1.39. The zero-order valence-corrected chi connectivity index (χ0v) is 8.43. The number of aromatic hydroxyl groups is 1. The van der Waals surface area contributed by atoms with Crippen molar-refractivity contribution in [1.29, 1.82) is 5.26 Å². The normalized spacial score (nSPS) is 9.60. The number of phenols is 1. The highest BCUT2D eigenvalue weighted by molar-refractivity contribution is 5.57. The number of nitriles is 1. The zero-order valence-electron chi connectivity index (χ0n) is 8.43. The van der Waals surface area contributed by atoms with Gasteiger partial charge in [0, 0.05) is 13.1 Å². The molecule has 0 amide bonds. The average molecular weight is 206 g/mol. The van der Waals surface area contributed by atoms with Gasteiger partial charge in [-0.05, 0) is 12.1 Å². The van der Waals surface area contributed by atoms with E-state index in [4.69, 9.17) is 10.4 Å². The van der Waals surface area contributed by atoms with Crippen LogP contribution in [-0.4, -0.2) is 29.9 Å². The maximum Gasteiger partial charge on any atom is 0.138 e. The molecule has 15 heavy (non-hydrogen) atoms. The van der Waals surface area contributed by atoms with Crippen LogP contribution >= 0.6 is 0 Å². The van der Waals surface area contributed by atoms with Crippen LogP contribution in [0.1, 0.15) is 6.42 Å². The van der Waals surface area contributed by atoms with E-state index in [1.807, 2.05) is 12.1 Å². The highest BCUT2D eigenvalue weighted by Gasteiger charge is 2.08. The third kappa shape index (κ3) is 3.15. The molecule has 0 aromatic heterocycles. The van der Waals surface area contributed by atoms with Gasteiger partial charge >= 0.3 is 0 Å². The number of hydrogen-bond acceptors (Lipinski definition) is 4. The van der Waals surface area contributed by atoms with Gasteiger partial charge in [-0.3, -0.25) is 0 Å². The molecule has 1 aromatic rings. The SMILES string of the molecule is N#CCCN(CCO)c1ccccc1O. The maximum atomic E-state index is 9.60. The first kappa shape index (κ1) is 11.3. The molecule has 0 atom stereocenters. The van der Waals surface area contributed by atoms with E-state index in [0.717, 1.165) is 0 Å². The molecular formula is C11H14N2O2. The first-order chi connectivity index (χ1) is 7.29. The van der Waals surface area contributed by atoms with Gasteiger partial charge in [0.2, 0.25) is 0 Å². The van der Waals surface area contributed by atoms with Crippen molar-refractivity contribution in [2.75, 3.05) is 24.6 Å². The van der Waals surface area contributed by atoms with Crippen molar-refractivity contribution in [3.63, 3.8) is 0 Å². The van der Waals surface area contributed by atoms with Gasteiger partial charge in [0.05, 0.1) is 24.8 Å². The summed E-state index contributed by atoms with van der Waals surface area (Å²) < 4.78 is 0. The van der Waals surface area contributed by atoms with Gasteiger partial charge in [-0.2, -0.15) is 5.26 Å². The summed E-state index contributed by atoms with van der Waals surface area (Å²) >= 11 is 0. The smallest absolute Gasteiger partial charge is 0.138 e. The number of aliphatic hydroxyl groups excluding tert-OH is 1. The van der Waals surface area contributed by atoms with E-state index in [1.165, 1.54) is 0 Å². The summed E-state index contributed by atoms with van der Waals surface area (Å²) in [5, 5.41) is 27.0. The summed E-state index contributed by atoms with van der Waals surface area (Å²) in [5.41, 5.74) is 0.654. The van der Waals surface area contributed by atoms with Crippen molar-refractivity contribution < 1.29 is 10.2 Å². The van der Waals surface area contributed by atoms with E-state index >= 15 is 0 Å². The maximum absolute atomic E-state index is 9.60. The minimum Gasteiger partial charge on any atom is -0.506 e. The highest BCUT2D eigenvalue weighted by atomic mass is 16.3. The van der Waals surface area contributed by atoms with Gasteiger partial charge in [-0.15, -0.1) is 0 Å². The molecule has 0 aliphatic carbocycles. The Morgan fingerprint density at radius 3 is 2.60 bits per heavy atom. The van der Waals surface area contributed by atoms with Gasteiger partial charge in [0.15, 0.2) is 0 Å². The lowest BCUT2D eigenvalue weighted by Gasteiger charge is -2.23. The van der Waals surface area contributed by atoms with E-state index in [9.17, 15) is 5.11 Å². The van der Waals surface area contributed by atoms with Crippen LogP contribution in [0.2, 0.25) is 0 Å². The molecule has 0 unspecified atom stereocenters. The van der Waals surface area contributed by atoms with Gasteiger partial charge in [-0.1, -0.05) is 12.1 Å². The van der Waals surface area contributed by atoms with Crippen molar-refractivity contribution >= 4 is 5.69 Å². The summed E-state index contributed by atoms with van der Waals surface area (Å²) in [5.74, 6) is 0.170. The first-order valence-electron chi connectivity index (χ1n) is 4.80. The van der Waals surface area contributed by atoms with Crippen molar-refractivity contribution in [3.8, 4) is 11.8 Å². The molecule has 0 aliphatic heterocycles. The Morgan fingerprint density at radius 1 is 1.27 bits per heavy atom. The van der Waals surface area contributed by atoms with Gasteiger partial charge in [0.1, 0.15) is 5.75 Å². The summed E-state index contributed by atoms with van der Waals surface area (Å²) in [6.07, 6.45) is 0.369. The molecule has 4 heteroatoms. The Kier molecular flexibility index (Phi) is 4.45. The van der Waals surface area contributed by atoms with Crippen molar-refractivity contribution in [2.45, 2.75) is 6.42 Å². The van der Waals surface area contributed by atoms with Gasteiger partial charge in [-0.25, -0.2) is 0 Å². The number of para-hydroxylation sites is 2. The average Bonchev–Trinajstić information content (AvgIpc) is 2.25. The molecule has 0 aliphatic rings. The second-order valence-corrected chi connectivity index (χ2v) is 3.11. The topological polar surface area (TPSA) is 67.5 Å². The fraction of sp³-hybridized carbons (Fsp3) is 0.364. The number of phenolic OH excluding ortho intramolecular Hbond substituents is 1. The van der Waals surface area contributed by atoms with E-state index in [0.29, 0.717) is 25.2 Å². The van der Waals surface area contributed by atoms with Crippen LogP contribution in [-0.2, 0) is 0 Å². The van der Waals surface area contributed by atoms with Crippen LogP contribution in [0.15, 0.2) is 24.3 Å². The Morgan fingerprint density at radius 2 is 2.00 bits per heavy atom. The fourth-order valence-corrected chi connectivity index (χ4v) is 1.39. The summed E-state index contributed by atoms with van der Waals surface area (Å²) in [7, 11) is 0. The summed E-state index contributed by atoms with van der Waals surface area (Å²) in [4.78, 5) is 1.79. The third-order valence-electron chi connectivity index (χ3n) is 2.09. The molecule has 0 radical (unpaired) electrons. The predicted octanol–water partition coefficient (Wildman–Crippen LogP) is 1.10. The quantitative estimate of drug-likeness (QED) is 0.757. The zero-order chi connectivity index (χ0) is 11.1. The van der Waals surface area contributed by atoms with E-state index in [2.05, 4.69) is 0 Å². The van der Waals surface area contributed by atoms with Crippen LogP contribution < -0.4 is 4.90 Å².